The van der Waals surface area contributed by atoms with Gasteiger partial charge in [0, 0.05) is 4.47 Å². The molecule has 0 bridgehead atoms. The van der Waals surface area contributed by atoms with E-state index in [2.05, 4.69) is 31.4 Å². The van der Waals surface area contributed by atoms with Crippen molar-refractivity contribution in [2.75, 3.05) is 11.1 Å². The summed E-state index contributed by atoms with van der Waals surface area (Å²) < 4.78 is 6.76. The van der Waals surface area contributed by atoms with Gasteiger partial charge in [0.15, 0.2) is 0 Å². The molecule has 0 fully saturated rings. The molecule has 0 spiro atoms. The summed E-state index contributed by atoms with van der Waals surface area (Å²) in [6, 6.07) is 27.5. The average Bonchev–Trinajstić information content (AvgIpc) is 3.24. The molecule has 1 amide bonds. The Kier molecular flexibility index (Phi) is 6.61. The Morgan fingerprint density at radius 3 is 2.13 bits per heavy atom. The van der Waals surface area contributed by atoms with Crippen LogP contribution in [0.1, 0.15) is 22.9 Å². The summed E-state index contributed by atoms with van der Waals surface area (Å²) in [7, 11) is 0. The molecule has 1 aromatic heterocycles. The van der Waals surface area contributed by atoms with Crippen molar-refractivity contribution in [1.82, 2.24) is 10.2 Å². The molecule has 30 heavy (non-hydrogen) atoms. The van der Waals surface area contributed by atoms with Gasteiger partial charge in [-0.3, -0.25) is 4.79 Å². The van der Waals surface area contributed by atoms with Gasteiger partial charge in [0.2, 0.25) is 11.8 Å². The van der Waals surface area contributed by atoms with E-state index in [0.29, 0.717) is 11.1 Å². The van der Waals surface area contributed by atoms with Crippen LogP contribution in [0.3, 0.4) is 0 Å². The number of carbonyl (C=O) groups is 1. The zero-order chi connectivity index (χ0) is 20.8. The Morgan fingerprint density at radius 1 is 0.900 bits per heavy atom. The van der Waals surface area contributed by atoms with Crippen LogP contribution in [0.5, 0.6) is 0 Å². The highest BCUT2D eigenvalue weighted by atomic mass is 79.9. The number of amides is 1. The number of halogens is 1. The smallest absolute Gasteiger partial charge is 0.277 e. The van der Waals surface area contributed by atoms with Crippen LogP contribution in [0.4, 0.5) is 5.69 Å². The first kappa shape index (κ1) is 20.4. The molecule has 1 N–H and O–H groups in total. The second kappa shape index (κ2) is 9.73. The second-order valence-corrected chi connectivity index (χ2v) is 8.26. The number of nitrogens with zero attached hydrogens (tertiary/aromatic N) is 2. The number of carbonyl (C=O) groups excluding carboxylic acids is 1. The minimum Gasteiger partial charge on any atom is -0.415 e. The van der Waals surface area contributed by atoms with E-state index in [0.717, 1.165) is 21.3 Å². The maximum atomic E-state index is 12.3. The predicted octanol–water partition coefficient (Wildman–Crippen LogP) is 5.74. The van der Waals surface area contributed by atoms with Gasteiger partial charge in [-0.2, -0.15) is 0 Å². The molecule has 0 aliphatic rings. The van der Waals surface area contributed by atoms with E-state index in [4.69, 9.17) is 4.42 Å². The van der Waals surface area contributed by atoms with Gasteiger partial charge in [0.05, 0.1) is 17.4 Å². The van der Waals surface area contributed by atoms with E-state index >= 15 is 0 Å². The molecule has 0 aliphatic carbocycles. The second-order valence-electron chi connectivity index (χ2n) is 6.48. The molecular formula is C23H18BrN3O2S. The van der Waals surface area contributed by atoms with E-state index in [1.54, 1.807) is 0 Å². The van der Waals surface area contributed by atoms with Crippen molar-refractivity contribution in [3.05, 3.63) is 106 Å². The lowest BCUT2D eigenvalue weighted by Gasteiger charge is -2.13. The standard InChI is InChI=1S/C23H18BrN3O2S/c24-18-13-7-8-14-19(18)25-20(28)15-30-23-27-26-22(29-23)21(16-9-3-1-4-10-16)17-11-5-2-6-12-17/h1-14,21H,15H2,(H,25,28). The van der Waals surface area contributed by atoms with Crippen molar-refractivity contribution in [3.63, 3.8) is 0 Å². The maximum Gasteiger partial charge on any atom is 0.277 e. The van der Waals surface area contributed by atoms with Gasteiger partial charge in [-0.15, -0.1) is 10.2 Å². The fourth-order valence-corrected chi connectivity index (χ4v) is 3.99. The van der Waals surface area contributed by atoms with E-state index in [9.17, 15) is 4.79 Å². The molecule has 0 atom stereocenters. The SMILES string of the molecule is O=C(CSc1nnc(C(c2ccccc2)c2ccccc2)o1)Nc1ccccc1Br. The largest absolute Gasteiger partial charge is 0.415 e. The molecule has 4 aromatic rings. The van der Waals surface area contributed by atoms with Gasteiger partial charge < -0.3 is 9.73 Å². The third-order valence-corrected chi connectivity index (χ3v) is 5.92. The molecule has 0 radical (unpaired) electrons. The molecule has 0 aliphatic heterocycles. The Labute approximate surface area is 187 Å². The summed E-state index contributed by atoms with van der Waals surface area (Å²) in [6.07, 6.45) is 0. The van der Waals surface area contributed by atoms with Crippen molar-refractivity contribution in [2.24, 2.45) is 0 Å². The van der Waals surface area contributed by atoms with Crippen molar-refractivity contribution in [2.45, 2.75) is 11.1 Å². The van der Waals surface area contributed by atoms with Gasteiger partial charge in [-0.05, 0) is 39.2 Å². The van der Waals surface area contributed by atoms with Crippen molar-refractivity contribution >= 4 is 39.3 Å². The van der Waals surface area contributed by atoms with Crippen LogP contribution in [0.2, 0.25) is 0 Å². The molecule has 0 unspecified atom stereocenters. The monoisotopic (exact) mass is 479 g/mol. The van der Waals surface area contributed by atoms with E-state index in [-0.39, 0.29) is 17.6 Å². The van der Waals surface area contributed by atoms with Crippen LogP contribution in [-0.2, 0) is 4.79 Å². The highest BCUT2D eigenvalue weighted by Gasteiger charge is 2.23. The van der Waals surface area contributed by atoms with Gasteiger partial charge >= 0.3 is 0 Å². The summed E-state index contributed by atoms with van der Waals surface area (Å²) in [6.45, 7) is 0. The summed E-state index contributed by atoms with van der Waals surface area (Å²) in [4.78, 5) is 12.3. The van der Waals surface area contributed by atoms with Gasteiger partial charge in [0.25, 0.3) is 5.22 Å². The minimum absolute atomic E-state index is 0.144. The van der Waals surface area contributed by atoms with Crippen molar-refractivity contribution in [1.29, 1.82) is 0 Å². The lowest BCUT2D eigenvalue weighted by Crippen LogP contribution is -2.14. The van der Waals surface area contributed by atoms with Crippen LogP contribution < -0.4 is 5.32 Å². The Balaban J connectivity index is 1.48. The van der Waals surface area contributed by atoms with Gasteiger partial charge in [-0.1, -0.05) is 84.6 Å². The van der Waals surface area contributed by atoms with Crippen LogP contribution >= 0.6 is 27.7 Å². The third kappa shape index (κ3) is 4.98. The quantitative estimate of drug-likeness (QED) is 0.342. The first-order valence-corrected chi connectivity index (χ1v) is 11.1. The number of para-hydroxylation sites is 1. The Morgan fingerprint density at radius 2 is 1.50 bits per heavy atom. The molecule has 0 saturated heterocycles. The normalized spacial score (nSPS) is 10.9. The van der Waals surface area contributed by atoms with Crippen LogP contribution in [0.25, 0.3) is 0 Å². The number of hydrogen-bond donors (Lipinski definition) is 1. The lowest BCUT2D eigenvalue weighted by molar-refractivity contribution is -0.113. The highest BCUT2D eigenvalue weighted by Crippen LogP contribution is 2.32. The van der Waals surface area contributed by atoms with Crippen molar-refractivity contribution in [3.8, 4) is 0 Å². The fourth-order valence-electron chi connectivity index (χ4n) is 3.04. The topological polar surface area (TPSA) is 68.0 Å². The number of anilines is 1. The number of thioether (sulfide) groups is 1. The summed E-state index contributed by atoms with van der Waals surface area (Å²) in [5.41, 5.74) is 2.86. The summed E-state index contributed by atoms with van der Waals surface area (Å²) in [5.74, 6) is 0.364. The minimum atomic E-state index is -0.164. The molecule has 0 saturated carbocycles. The zero-order valence-electron chi connectivity index (χ0n) is 15.9. The number of hydrogen-bond acceptors (Lipinski definition) is 5. The summed E-state index contributed by atoms with van der Waals surface area (Å²) >= 11 is 4.64. The van der Waals surface area contributed by atoms with Crippen LogP contribution in [0, 0.1) is 0 Å². The number of benzene rings is 3. The first-order valence-electron chi connectivity index (χ1n) is 9.31. The third-order valence-electron chi connectivity index (χ3n) is 4.41. The van der Waals surface area contributed by atoms with Crippen molar-refractivity contribution < 1.29 is 9.21 Å². The number of rotatable bonds is 7. The predicted molar refractivity (Wildman–Crippen MR) is 122 cm³/mol. The zero-order valence-corrected chi connectivity index (χ0v) is 18.3. The molecule has 4 rings (SSSR count). The first-order chi connectivity index (χ1) is 14.7. The number of nitrogens with one attached hydrogen (secondary N) is 1. The van der Waals surface area contributed by atoms with E-state index in [1.807, 2.05) is 84.9 Å². The Bertz CT molecular complexity index is 1080. The number of aromatic nitrogens is 2. The summed E-state index contributed by atoms with van der Waals surface area (Å²) in [5, 5.41) is 11.6. The molecule has 150 valence electrons. The highest BCUT2D eigenvalue weighted by molar-refractivity contribution is 9.10. The molecule has 7 heteroatoms. The lowest BCUT2D eigenvalue weighted by atomic mass is 9.91. The molecule has 5 nitrogen and oxygen atoms in total. The Hall–Kier alpha value is -2.90. The average molecular weight is 480 g/mol. The van der Waals surface area contributed by atoms with E-state index in [1.165, 1.54) is 11.8 Å². The molecule has 1 heterocycles. The molecular weight excluding hydrogens is 462 g/mol. The molecule has 3 aromatic carbocycles. The van der Waals surface area contributed by atoms with Gasteiger partial charge in [-0.25, -0.2) is 0 Å². The van der Waals surface area contributed by atoms with E-state index < -0.39 is 0 Å². The van der Waals surface area contributed by atoms with Crippen LogP contribution in [0.15, 0.2) is 99.0 Å². The van der Waals surface area contributed by atoms with Crippen LogP contribution in [-0.4, -0.2) is 21.9 Å². The van der Waals surface area contributed by atoms with Gasteiger partial charge in [0.1, 0.15) is 0 Å². The fraction of sp³-hybridized carbons (Fsp3) is 0.0870. The maximum absolute atomic E-state index is 12.3.